The fourth-order valence-corrected chi connectivity index (χ4v) is 8.84. The quantitative estimate of drug-likeness (QED) is 0.321. The highest BCUT2D eigenvalue weighted by molar-refractivity contribution is 5.96. The first-order valence-corrected chi connectivity index (χ1v) is 19.7. The van der Waals surface area contributed by atoms with Crippen molar-refractivity contribution < 1.29 is 45.9 Å². The number of carbonyl (C=O) groups is 4. The molecule has 11 nitrogen and oxygen atoms in total. The van der Waals surface area contributed by atoms with Gasteiger partial charge >= 0.3 is 0 Å². The van der Waals surface area contributed by atoms with Crippen molar-refractivity contribution in [3.8, 4) is 0 Å². The van der Waals surface area contributed by atoms with Gasteiger partial charge in [-0.05, 0) is 55.2 Å². The maximum absolute atomic E-state index is 14.5. The molecule has 7 rings (SSSR count). The predicted molar refractivity (Wildman–Crippen MR) is 193 cm³/mol. The Morgan fingerprint density at radius 3 is 2.12 bits per heavy atom. The third-order valence-corrected chi connectivity index (χ3v) is 12.8. The van der Waals surface area contributed by atoms with Gasteiger partial charge in [-0.2, -0.15) is 5.10 Å². The predicted octanol–water partition coefficient (Wildman–Crippen LogP) is 4.99. The first kappa shape index (κ1) is 40.1. The Hall–Kier alpha value is -4.08. The molecular formula is C40H51F5N6O5. The van der Waals surface area contributed by atoms with E-state index in [9.17, 15) is 41.1 Å². The van der Waals surface area contributed by atoms with Crippen LogP contribution in [0, 0.1) is 34.4 Å². The average Bonchev–Trinajstić information content (AvgIpc) is 3.43. The minimum absolute atomic E-state index is 0.00378. The smallest absolute Gasteiger partial charge is 0.257 e. The average molecular weight is 791 g/mol. The summed E-state index contributed by atoms with van der Waals surface area (Å²) < 4.78 is 76.9. The van der Waals surface area contributed by atoms with Gasteiger partial charge in [0.05, 0.1) is 30.3 Å². The summed E-state index contributed by atoms with van der Waals surface area (Å²) in [7, 11) is 0. The van der Waals surface area contributed by atoms with Gasteiger partial charge in [-0.25, -0.2) is 22.0 Å². The zero-order valence-corrected chi connectivity index (χ0v) is 32.1. The molecule has 2 aliphatic carbocycles. The highest BCUT2D eigenvalue weighted by Gasteiger charge is 2.62. The van der Waals surface area contributed by atoms with Crippen LogP contribution in [0.5, 0.6) is 0 Å². The monoisotopic (exact) mass is 790 g/mol. The summed E-state index contributed by atoms with van der Waals surface area (Å²) in [5.41, 5.74) is 0.150. The molecule has 16 heteroatoms. The van der Waals surface area contributed by atoms with Crippen molar-refractivity contribution in [2.75, 3.05) is 45.9 Å². The molecule has 1 aromatic heterocycles. The van der Waals surface area contributed by atoms with E-state index in [-0.39, 0.29) is 112 Å². The van der Waals surface area contributed by atoms with E-state index >= 15 is 0 Å². The van der Waals surface area contributed by atoms with Gasteiger partial charge in [0.15, 0.2) is 0 Å². The number of nitrogens with one attached hydrogen (secondary N) is 1. The van der Waals surface area contributed by atoms with Gasteiger partial charge in [0.1, 0.15) is 11.9 Å². The van der Waals surface area contributed by atoms with Crippen LogP contribution in [0.1, 0.15) is 81.6 Å². The van der Waals surface area contributed by atoms with E-state index in [4.69, 9.17) is 4.74 Å². The Bertz CT molecular complexity index is 1790. The molecule has 5 aliphatic rings. The van der Waals surface area contributed by atoms with Crippen molar-refractivity contribution in [2.24, 2.45) is 28.6 Å². The lowest BCUT2D eigenvalue weighted by molar-refractivity contribution is -0.153. The first-order chi connectivity index (χ1) is 26.3. The molecule has 0 unspecified atom stereocenters. The number of alkyl halides is 4. The Morgan fingerprint density at radius 1 is 0.893 bits per heavy atom. The van der Waals surface area contributed by atoms with E-state index in [2.05, 4.69) is 10.4 Å². The van der Waals surface area contributed by atoms with E-state index in [1.165, 1.54) is 23.2 Å². The van der Waals surface area contributed by atoms with E-state index in [0.29, 0.717) is 6.54 Å². The summed E-state index contributed by atoms with van der Waals surface area (Å²) in [6.45, 7) is 6.28. The number of benzene rings is 1. The van der Waals surface area contributed by atoms with E-state index in [1.54, 1.807) is 39.7 Å². The lowest BCUT2D eigenvalue weighted by atomic mass is 9.70. The molecule has 3 saturated heterocycles. The van der Waals surface area contributed by atoms with Gasteiger partial charge in [0, 0.05) is 89.1 Å². The molecule has 1 spiro atoms. The molecule has 2 saturated carbocycles. The standard InChI is InChI=1S/C40H51F5N6O5/c1-25(56-21-27-8-10-39(42,43)11-9-27)32(36(55)48-14-12-40(44,45)13-15-48)47-33(52)31-20-49(22-38(31)23-50(24-38)35(54)30-16-37(30,2)3)34(53)28-17-46-51(19-28)18-26-4-6-29(41)7-5-26/h4-7,17,19,25,27,30-32H,8-16,18,20-24H2,1-3H3,(H,47,52)/t25-,30-,31-,32+/m1/s1. The number of hydrogen-bond acceptors (Lipinski definition) is 6. The second-order valence-electron chi connectivity index (χ2n) is 17.6. The zero-order chi connectivity index (χ0) is 40.2. The Morgan fingerprint density at radius 2 is 1.50 bits per heavy atom. The number of ether oxygens (including phenoxy) is 1. The van der Waals surface area contributed by atoms with Crippen molar-refractivity contribution in [1.82, 2.24) is 29.8 Å². The summed E-state index contributed by atoms with van der Waals surface area (Å²) in [4.78, 5) is 60.4. The van der Waals surface area contributed by atoms with Gasteiger partial charge in [-0.3, -0.25) is 23.9 Å². The van der Waals surface area contributed by atoms with Crippen LogP contribution < -0.4 is 5.32 Å². The number of amides is 4. The van der Waals surface area contributed by atoms with Crippen molar-refractivity contribution in [1.29, 1.82) is 0 Å². The summed E-state index contributed by atoms with van der Waals surface area (Å²) in [5.74, 6) is -8.58. The number of likely N-dealkylation sites (tertiary alicyclic amines) is 3. The minimum Gasteiger partial charge on any atom is -0.376 e. The molecule has 1 aromatic carbocycles. The second kappa shape index (κ2) is 15.0. The van der Waals surface area contributed by atoms with Crippen LogP contribution in [-0.2, 0) is 25.7 Å². The van der Waals surface area contributed by atoms with E-state index in [0.717, 1.165) is 12.0 Å². The lowest BCUT2D eigenvalue weighted by Gasteiger charge is -2.50. The van der Waals surface area contributed by atoms with Crippen molar-refractivity contribution in [3.63, 3.8) is 0 Å². The molecule has 3 aliphatic heterocycles. The van der Waals surface area contributed by atoms with Crippen LogP contribution in [0.15, 0.2) is 36.7 Å². The van der Waals surface area contributed by atoms with Gasteiger partial charge in [-0.1, -0.05) is 26.0 Å². The van der Waals surface area contributed by atoms with Gasteiger partial charge in [0.25, 0.3) is 11.8 Å². The number of nitrogens with zero attached hydrogens (tertiary/aromatic N) is 5. The summed E-state index contributed by atoms with van der Waals surface area (Å²) in [6, 6.07) is 4.66. The molecule has 1 N–H and O–H groups in total. The van der Waals surface area contributed by atoms with Crippen LogP contribution in [0.2, 0.25) is 0 Å². The molecule has 0 bridgehead atoms. The highest BCUT2D eigenvalue weighted by atomic mass is 19.3. The summed E-state index contributed by atoms with van der Waals surface area (Å²) in [5, 5.41) is 7.20. The van der Waals surface area contributed by atoms with E-state index in [1.807, 2.05) is 13.8 Å². The summed E-state index contributed by atoms with van der Waals surface area (Å²) in [6.07, 6.45) is 1.80. The number of piperidine rings is 1. The fourth-order valence-electron chi connectivity index (χ4n) is 8.84. The lowest BCUT2D eigenvalue weighted by Crippen LogP contribution is -2.65. The van der Waals surface area contributed by atoms with E-state index < -0.39 is 60.0 Å². The third kappa shape index (κ3) is 8.59. The molecule has 4 amide bonds. The molecule has 306 valence electrons. The maximum Gasteiger partial charge on any atom is 0.257 e. The Kier molecular flexibility index (Phi) is 10.8. The minimum atomic E-state index is -2.91. The SMILES string of the molecule is C[C@@H](OCC1CCC(F)(F)CC1)[C@H](NC(=O)[C@H]1CN(C(=O)c2cnn(Cc3ccc(F)cc3)c2)CC12CN(C(=O)[C@H]1CC1(C)C)C2)C(=O)N1CCC(F)(F)CC1. The topological polar surface area (TPSA) is 117 Å². The maximum atomic E-state index is 14.5. The largest absolute Gasteiger partial charge is 0.376 e. The van der Waals surface area contributed by atoms with Crippen molar-refractivity contribution >= 4 is 23.6 Å². The van der Waals surface area contributed by atoms with Crippen LogP contribution in [0.3, 0.4) is 0 Å². The van der Waals surface area contributed by atoms with Crippen LogP contribution in [0.4, 0.5) is 22.0 Å². The third-order valence-electron chi connectivity index (χ3n) is 12.8. The van der Waals surface area contributed by atoms with Gasteiger partial charge in [0.2, 0.25) is 23.6 Å². The number of aromatic nitrogens is 2. The fraction of sp³-hybridized carbons (Fsp3) is 0.675. The normalized spacial score (nSPS) is 26.0. The molecule has 0 radical (unpaired) electrons. The number of carbonyl (C=O) groups excluding carboxylic acids is 4. The van der Waals surface area contributed by atoms with Crippen LogP contribution in [0.25, 0.3) is 0 Å². The number of hydrogen-bond donors (Lipinski definition) is 1. The van der Waals surface area contributed by atoms with Crippen molar-refractivity contribution in [3.05, 3.63) is 53.6 Å². The molecule has 5 fully saturated rings. The molecule has 4 heterocycles. The number of halogens is 5. The van der Waals surface area contributed by atoms with Crippen LogP contribution in [-0.4, -0.2) is 118 Å². The zero-order valence-electron chi connectivity index (χ0n) is 32.1. The Balaban J connectivity index is 1.08. The van der Waals surface area contributed by atoms with Crippen molar-refractivity contribution in [2.45, 2.75) is 96.3 Å². The molecular weight excluding hydrogens is 739 g/mol. The van der Waals surface area contributed by atoms with Gasteiger partial charge < -0.3 is 24.8 Å². The summed E-state index contributed by atoms with van der Waals surface area (Å²) >= 11 is 0. The molecule has 4 atom stereocenters. The molecule has 2 aromatic rings. The highest BCUT2D eigenvalue weighted by Crippen LogP contribution is 2.54. The van der Waals surface area contributed by atoms with Gasteiger partial charge in [-0.15, -0.1) is 0 Å². The Labute approximate surface area is 323 Å². The van der Waals surface area contributed by atoms with Crippen LogP contribution >= 0.6 is 0 Å². The first-order valence-electron chi connectivity index (χ1n) is 19.7. The second-order valence-corrected chi connectivity index (χ2v) is 17.6. The number of rotatable bonds is 11. The molecule has 56 heavy (non-hydrogen) atoms.